The third-order valence-electron chi connectivity index (χ3n) is 4.11. The fraction of sp³-hybridized carbons (Fsp3) is 0.471. The number of aromatic nitrogens is 3. The van der Waals surface area contributed by atoms with Gasteiger partial charge in [0.1, 0.15) is 0 Å². The smallest absolute Gasteiger partial charge is 0.244 e. The second-order valence-corrected chi connectivity index (χ2v) is 6.57. The molecule has 122 valence electrons. The maximum Gasteiger partial charge on any atom is 0.244 e. The average Bonchev–Trinajstić information content (AvgIpc) is 2.55. The second-order valence-electron chi connectivity index (χ2n) is 6.14. The van der Waals surface area contributed by atoms with Gasteiger partial charge in [-0.05, 0) is 42.9 Å². The highest BCUT2D eigenvalue weighted by Gasteiger charge is 2.18. The minimum Gasteiger partial charge on any atom is -0.355 e. The summed E-state index contributed by atoms with van der Waals surface area (Å²) in [5, 5.41) is 12.2. The molecule has 2 aromatic rings. The molecule has 0 radical (unpaired) electrons. The molecule has 0 aliphatic carbocycles. The summed E-state index contributed by atoms with van der Waals surface area (Å²) in [4.78, 5) is 6.89. The van der Waals surface area contributed by atoms with Gasteiger partial charge in [0.15, 0.2) is 5.82 Å². The predicted octanol–water partition coefficient (Wildman–Crippen LogP) is 3.42. The summed E-state index contributed by atoms with van der Waals surface area (Å²) in [7, 11) is 0. The maximum absolute atomic E-state index is 6.00. The van der Waals surface area contributed by atoms with Gasteiger partial charge < -0.3 is 10.2 Å². The quantitative estimate of drug-likeness (QED) is 0.909. The fourth-order valence-electron chi connectivity index (χ4n) is 2.93. The largest absolute Gasteiger partial charge is 0.355 e. The van der Waals surface area contributed by atoms with E-state index in [9.17, 15) is 0 Å². The lowest BCUT2D eigenvalue weighted by atomic mass is 10.0. The lowest BCUT2D eigenvalue weighted by molar-refractivity contribution is 0.444. The first-order chi connectivity index (χ1) is 11.2. The summed E-state index contributed by atoms with van der Waals surface area (Å²) >= 11 is 6.00. The predicted molar refractivity (Wildman–Crippen MR) is 94.1 cm³/mol. The fourth-order valence-corrected chi connectivity index (χ4v) is 3.14. The summed E-state index contributed by atoms with van der Waals surface area (Å²) in [6.45, 7) is 5.12. The Morgan fingerprint density at radius 3 is 3.13 bits per heavy atom. The summed E-state index contributed by atoms with van der Waals surface area (Å²) in [6, 6.07) is 7.90. The van der Waals surface area contributed by atoms with Gasteiger partial charge in [-0.15, -0.1) is 5.10 Å². The van der Waals surface area contributed by atoms with E-state index in [1.807, 2.05) is 18.2 Å². The molecule has 3 rings (SSSR count). The topological polar surface area (TPSA) is 53.9 Å². The van der Waals surface area contributed by atoms with Crippen LogP contribution < -0.4 is 10.2 Å². The zero-order chi connectivity index (χ0) is 16.1. The van der Waals surface area contributed by atoms with Crippen molar-refractivity contribution in [3.8, 4) is 0 Å². The van der Waals surface area contributed by atoms with E-state index in [0.29, 0.717) is 11.9 Å². The Morgan fingerprint density at radius 2 is 2.30 bits per heavy atom. The molecular weight excluding hydrogens is 310 g/mol. The van der Waals surface area contributed by atoms with Crippen molar-refractivity contribution in [2.45, 2.75) is 26.2 Å². The lowest BCUT2D eigenvalue weighted by Crippen LogP contribution is -2.35. The molecule has 1 aliphatic rings. The summed E-state index contributed by atoms with van der Waals surface area (Å²) in [5.41, 5.74) is 1.19. The highest BCUT2D eigenvalue weighted by atomic mass is 35.5. The first-order valence-electron chi connectivity index (χ1n) is 8.14. The van der Waals surface area contributed by atoms with E-state index in [2.05, 4.69) is 38.4 Å². The molecule has 5 nitrogen and oxygen atoms in total. The highest BCUT2D eigenvalue weighted by molar-refractivity contribution is 6.30. The third kappa shape index (κ3) is 4.55. The van der Waals surface area contributed by atoms with Crippen LogP contribution in [0.3, 0.4) is 0 Å². The number of piperidine rings is 1. The van der Waals surface area contributed by atoms with Crippen molar-refractivity contribution in [3.63, 3.8) is 0 Å². The minimum absolute atomic E-state index is 0.586. The van der Waals surface area contributed by atoms with E-state index in [1.165, 1.54) is 18.4 Å². The molecular formula is C17H22ClN5. The van der Waals surface area contributed by atoms with E-state index in [0.717, 1.165) is 36.9 Å². The number of anilines is 2. The van der Waals surface area contributed by atoms with Crippen LogP contribution in [0, 0.1) is 5.92 Å². The molecule has 1 N–H and O–H groups in total. The molecule has 0 saturated carbocycles. The molecule has 6 heteroatoms. The van der Waals surface area contributed by atoms with Crippen LogP contribution in [-0.4, -0.2) is 34.8 Å². The van der Waals surface area contributed by atoms with Crippen molar-refractivity contribution < 1.29 is 0 Å². The van der Waals surface area contributed by atoms with Crippen LogP contribution in [0.4, 0.5) is 11.8 Å². The molecule has 1 aromatic carbocycles. The Kier molecular flexibility index (Phi) is 5.28. The van der Waals surface area contributed by atoms with Gasteiger partial charge in [-0.1, -0.05) is 30.7 Å². The van der Waals surface area contributed by atoms with E-state index in [-0.39, 0.29) is 0 Å². The van der Waals surface area contributed by atoms with Crippen molar-refractivity contribution in [1.29, 1.82) is 0 Å². The zero-order valence-electron chi connectivity index (χ0n) is 13.4. The molecule has 1 saturated heterocycles. The van der Waals surface area contributed by atoms with Gasteiger partial charge in [0.05, 0.1) is 6.20 Å². The van der Waals surface area contributed by atoms with Crippen molar-refractivity contribution >= 4 is 23.4 Å². The average molecular weight is 332 g/mol. The molecule has 0 bridgehead atoms. The Morgan fingerprint density at radius 1 is 1.39 bits per heavy atom. The Balaban J connectivity index is 1.57. The standard InChI is InChI=1S/C17H22ClN5/c1-13-4-3-9-23(12-13)16-11-20-22-17(21-16)19-8-7-14-5-2-6-15(18)10-14/h2,5-6,10-11,13H,3-4,7-9,12H2,1H3,(H,19,21,22). The van der Waals surface area contributed by atoms with Crippen LogP contribution in [0.1, 0.15) is 25.3 Å². The Hall–Kier alpha value is -1.88. The Labute approximate surface area is 142 Å². The van der Waals surface area contributed by atoms with Crippen molar-refractivity contribution in [2.75, 3.05) is 29.9 Å². The van der Waals surface area contributed by atoms with E-state index in [1.54, 1.807) is 6.20 Å². The molecule has 0 spiro atoms. The van der Waals surface area contributed by atoms with Gasteiger partial charge in [0.25, 0.3) is 0 Å². The zero-order valence-corrected chi connectivity index (χ0v) is 14.1. The van der Waals surface area contributed by atoms with E-state index < -0.39 is 0 Å². The number of halogens is 1. The monoisotopic (exact) mass is 331 g/mol. The number of benzene rings is 1. The van der Waals surface area contributed by atoms with Crippen LogP contribution in [0.5, 0.6) is 0 Å². The second kappa shape index (κ2) is 7.59. The summed E-state index contributed by atoms with van der Waals surface area (Å²) in [6.07, 6.45) is 5.12. The molecule has 0 amide bonds. The number of hydrogen-bond acceptors (Lipinski definition) is 5. The molecule has 1 atom stereocenters. The molecule has 1 unspecified atom stereocenters. The summed E-state index contributed by atoms with van der Waals surface area (Å²) in [5.74, 6) is 2.21. The number of nitrogens with one attached hydrogen (secondary N) is 1. The van der Waals surface area contributed by atoms with Crippen LogP contribution in [0.2, 0.25) is 5.02 Å². The van der Waals surface area contributed by atoms with Gasteiger partial charge in [-0.2, -0.15) is 10.1 Å². The first-order valence-corrected chi connectivity index (χ1v) is 8.51. The van der Waals surface area contributed by atoms with Crippen molar-refractivity contribution in [2.24, 2.45) is 5.92 Å². The molecule has 1 aromatic heterocycles. The van der Waals surface area contributed by atoms with Gasteiger partial charge in [-0.3, -0.25) is 0 Å². The summed E-state index contributed by atoms with van der Waals surface area (Å²) < 4.78 is 0. The third-order valence-corrected chi connectivity index (χ3v) is 4.35. The van der Waals surface area contributed by atoms with Gasteiger partial charge in [0, 0.05) is 24.7 Å². The van der Waals surface area contributed by atoms with Gasteiger partial charge in [-0.25, -0.2) is 0 Å². The van der Waals surface area contributed by atoms with Crippen LogP contribution >= 0.6 is 11.6 Å². The maximum atomic E-state index is 6.00. The molecule has 1 aliphatic heterocycles. The molecule has 23 heavy (non-hydrogen) atoms. The number of rotatable bonds is 5. The normalized spacial score (nSPS) is 18.0. The van der Waals surface area contributed by atoms with Crippen molar-refractivity contribution in [1.82, 2.24) is 15.2 Å². The number of hydrogen-bond donors (Lipinski definition) is 1. The minimum atomic E-state index is 0.586. The highest BCUT2D eigenvalue weighted by Crippen LogP contribution is 2.21. The lowest BCUT2D eigenvalue weighted by Gasteiger charge is -2.31. The van der Waals surface area contributed by atoms with Gasteiger partial charge >= 0.3 is 0 Å². The van der Waals surface area contributed by atoms with E-state index in [4.69, 9.17) is 11.6 Å². The van der Waals surface area contributed by atoms with Gasteiger partial charge in [0.2, 0.25) is 5.95 Å². The number of nitrogens with zero attached hydrogens (tertiary/aromatic N) is 4. The van der Waals surface area contributed by atoms with Crippen LogP contribution in [-0.2, 0) is 6.42 Å². The van der Waals surface area contributed by atoms with E-state index >= 15 is 0 Å². The van der Waals surface area contributed by atoms with Crippen LogP contribution in [0.25, 0.3) is 0 Å². The SMILES string of the molecule is CC1CCCN(c2cnnc(NCCc3cccc(Cl)c3)n2)C1. The molecule has 1 fully saturated rings. The Bertz CT molecular complexity index is 648. The first kappa shape index (κ1) is 16.0. The van der Waals surface area contributed by atoms with Crippen LogP contribution in [0.15, 0.2) is 30.5 Å². The van der Waals surface area contributed by atoms with Crippen molar-refractivity contribution in [3.05, 3.63) is 41.0 Å². The molecule has 2 heterocycles.